The fraction of sp³-hybridized carbons (Fsp3) is 0.545. The van der Waals surface area contributed by atoms with Crippen molar-refractivity contribution >= 4 is 17.7 Å². The number of amides is 1. The minimum absolute atomic E-state index is 0.214. The number of rotatable bonds is 3. The lowest BCUT2D eigenvalue weighted by atomic mass is 10.2. The van der Waals surface area contributed by atoms with Crippen LogP contribution in [-0.4, -0.2) is 28.2 Å². The Morgan fingerprint density at radius 2 is 2.17 bits per heavy atom. The van der Waals surface area contributed by atoms with Crippen LogP contribution < -0.4 is 11.1 Å². The Hall–Kier alpha value is -1.40. The van der Waals surface area contributed by atoms with Crippen LogP contribution in [0, 0.1) is 0 Å². The molecule has 0 bridgehead atoms. The van der Waals surface area contributed by atoms with Gasteiger partial charge in [0.1, 0.15) is 10.8 Å². The Morgan fingerprint density at radius 1 is 1.50 bits per heavy atom. The van der Waals surface area contributed by atoms with E-state index < -0.39 is 17.7 Å². The molecule has 3 N–H and O–H groups in total. The molecule has 100 valence electrons. The van der Waals surface area contributed by atoms with Crippen LogP contribution >= 0.6 is 11.6 Å². The van der Waals surface area contributed by atoms with Crippen LogP contribution in [0.15, 0.2) is 12.4 Å². The maximum atomic E-state index is 11.4. The fourth-order valence-electron chi connectivity index (χ4n) is 1.13. The van der Waals surface area contributed by atoms with Crippen molar-refractivity contribution in [3.05, 3.63) is 23.2 Å². The van der Waals surface area contributed by atoms with E-state index in [1.807, 2.05) is 0 Å². The van der Waals surface area contributed by atoms with Crippen molar-refractivity contribution in [3.8, 4) is 0 Å². The highest BCUT2D eigenvalue weighted by Gasteiger charge is 2.17. The van der Waals surface area contributed by atoms with Gasteiger partial charge in [-0.2, -0.15) is 0 Å². The summed E-state index contributed by atoms with van der Waals surface area (Å²) in [6.45, 7) is 5.58. The molecule has 0 radical (unpaired) electrons. The van der Waals surface area contributed by atoms with Crippen molar-refractivity contribution in [3.63, 3.8) is 0 Å². The zero-order chi connectivity index (χ0) is 13.8. The number of hydrogen-bond acceptors (Lipinski definition) is 5. The highest BCUT2D eigenvalue weighted by Crippen LogP contribution is 2.09. The molecule has 0 aromatic carbocycles. The number of aromatic nitrogens is 2. The second-order valence-electron chi connectivity index (χ2n) is 4.75. The van der Waals surface area contributed by atoms with E-state index in [-0.39, 0.29) is 6.54 Å². The lowest BCUT2D eigenvalue weighted by Crippen LogP contribution is -2.36. The average Bonchev–Trinajstić information content (AvgIpc) is 2.24. The van der Waals surface area contributed by atoms with Crippen molar-refractivity contribution in [1.29, 1.82) is 0 Å². The van der Waals surface area contributed by atoms with Gasteiger partial charge in [-0.15, -0.1) is 0 Å². The summed E-state index contributed by atoms with van der Waals surface area (Å²) >= 11 is 5.61. The van der Waals surface area contributed by atoms with E-state index in [2.05, 4.69) is 15.3 Å². The minimum atomic E-state index is -0.533. The lowest BCUT2D eigenvalue weighted by Gasteiger charge is -2.20. The van der Waals surface area contributed by atoms with E-state index in [0.717, 1.165) is 0 Å². The van der Waals surface area contributed by atoms with Gasteiger partial charge in [0.25, 0.3) is 0 Å². The van der Waals surface area contributed by atoms with Gasteiger partial charge in [-0.1, -0.05) is 11.6 Å². The molecule has 0 saturated carbocycles. The first kappa shape index (κ1) is 14.7. The SMILES string of the molecule is CC(C)(C)OC(=O)NCC(N)c1cnc(Cl)cn1. The molecule has 0 aliphatic carbocycles. The third kappa shape index (κ3) is 5.29. The predicted molar refractivity (Wildman–Crippen MR) is 68.2 cm³/mol. The van der Waals surface area contributed by atoms with Crippen LogP contribution in [0.5, 0.6) is 0 Å². The maximum absolute atomic E-state index is 11.4. The highest BCUT2D eigenvalue weighted by atomic mass is 35.5. The molecule has 1 aromatic heterocycles. The summed E-state index contributed by atoms with van der Waals surface area (Å²) < 4.78 is 5.08. The molecule has 7 heteroatoms. The summed E-state index contributed by atoms with van der Waals surface area (Å²) in [5, 5.41) is 2.86. The maximum Gasteiger partial charge on any atom is 0.407 e. The van der Waals surface area contributed by atoms with Crippen LogP contribution in [0.2, 0.25) is 5.15 Å². The third-order valence-electron chi connectivity index (χ3n) is 1.89. The Bertz CT molecular complexity index is 402. The van der Waals surface area contributed by atoms with Crippen molar-refractivity contribution in [2.45, 2.75) is 32.4 Å². The third-order valence-corrected chi connectivity index (χ3v) is 2.08. The Morgan fingerprint density at radius 3 is 2.67 bits per heavy atom. The first-order valence-corrected chi connectivity index (χ1v) is 5.85. The van der Waals surface area contributed by atoms with Gasteiger partial charge in [0.05, 0.1) is 24.1 Å². The lowest BCUT2D eigenvalue weighted by molar-refractivity contribution is 0.0524. The summed E-state index contributed by atoms with van der Waals surface area (Å²) in [5.74, 6) is 0. The number of carbonyl (C=O) groups excluding carboxylic acids is 1. The standard InChI is InChI=1S/C11H17ClN4O2/c1-11(2,3)18-10(17)16-4-7(13)8-5-15-9(12)6-14-8/h5-7H,4,13H2,1-3H3,(H,16,17). The van der Waals surface area contributed by atoms with Crippen molar-refractivity contribution in [1.82, 2.24) is 15.3 Å². The van der Waals surface area contributed by atoms with E-state index >= 15 is 0 Å². The number of alkyl carbamates (subject to hydrolysis) is 1. The van der Waals surface area contributed by atoms with Gasteiger partial charge in [0, 0.05) is 6.54 Å². The molecule has 0 fully saturated rings. The van der Waals surface area contributed by atoms with E-state index in [1.54, 1.807) is 20.8 Å². The van der Waals surface area contributed by atoms with Gasteiger partial charge < -0.3 is 15.8 Å². The predicted octanol–water partition coefficient (Wildman–Crippen LogP) is 1.65. The van der Waals surface area contributed by atoms with Crippen LogP contribution in [0.1, 0.15) is 32.5 Å². The normalized spacial score (nSPS) is 12.9. The monoisotopic (exact) mass is 272 g/mol. The topological polar surface area (TPSA) is 90.1 Å². The summed E-state index contributed by atoms with van der Waals surface area (Å²) in [6, 6.07) is -0.456. The quantitative estimate of drug-likeness (QED) is 0.873. The molecular weight excluding hydrogens is 256 g/mol. The fourth-order valence-corrected chi connectivity index (χ4v) is 1.22. The van der Waals surface area contributed by atoms with E-state index in [9.17, 15) is 4.79 Å². The van der Waals surface area contributed by atoms with Gasteiger partial charge in [-0.05, 0) is 20.8 Å². The first-order valence-electron chi connectivity index (χ1n) is 5.48. The van der Waals surface area contributed by atoms with Crippen molar-refractivity contribution < 1.29 is 9.53 Å². The van der Waals surface area contributed by atoms with E-state index in [1.165, 1.54) is 12.4 Å². The molecule has 0 spiro atoms. The molecule has 18 heavy (non-hydrogen) atoms. The molecule has 1 heterocycles. The molecule has 0 saturated heterocycles. The van der Waals surface area contributed by atoms with Gasteiger partial charge in [0.15, 0.2) is 0 Å². The molecule has 0 aliphatic heterocycles. The molecule has 1 unspecified atom stereocenters. The number of halogens is 1. The molecular formula is C11H17ClN4O2. The van der Waals surface area contributed by atoms with Crippen LogP contribution in [0.4, 0.5) is 4.79 Å². The average molecular weight is 273 g/mol. The smallest absolute Gasteiger partial charge is 0.407 e. The number of carbonyl (C=O) groups is 1. The van der Waals surface area contributed by atoms with Gasteiger partial charge >= 0.3 is 6.09 Å². The van der Waals surface area contributed by atoms with Gasteiger partial charge in [0.2, 0.25) is 0 Å². The zero-order valence-corrected chi connectivity index (χ0v) is 11.4. The molecule has 0 aliphatic rings. The molecule has 1 amide bonds. The summed E-state index contributed by atoms with van der Waals surface area (Å²) in [5.41, 5.74) is 5.86. The number of nitrogens with one attached hydrogen (secondary N) is 1. The molecule has 1 atom stereocenters. The molecule has 6 nitrogen and oxygen atoms in total. The second-order valence-corrected chi connectivity index (χ2v) is 5.14. The Labute approximate surface area is 111 Å². The summed E-state index contributed by atoms with van der Waals surface area (Å²) in [4.78, 5) is 19.3. The number of hydrogen-bond donors (Lipinski definition) is 2. The zero-order valence-electron chi connectivity index (χ0n) is 10.6. The highest BCUT2D eigenvalue weighted by molar-refractivity contribution is 6.29. The molecule has 1 aromatic rings. The first-order chi connectivity index (χ1) is 8.28. The van der Waals surface area contributed by atoms with Crippen molar-refractivity contribution in [2.75, 3.05) is 6.54 Å². The Kier molecular flexibility index (Phi) is 4.86. The number of ether oxygens (including phenoxy) is 1. The molecule has 1 rings (SSSR count). The number of nitrogens with two attached hydrogens (primary N) is 1. The van der Waals surface area contributed by atoms with E-state index in [4.69, 9.17) is 22.1 Å². The second kappa shape index (κ2) is 5.97. The number of nitrogens with zero attached hydrogens (tertiary/aromatic N) is 2. The largest absolute Gasteiger partial charge is 0.444 e. The van der Waals surface area contributed by atoms with Gasteiger partial charge in [-0.3, -0.25) is 4.98 Å². The van der Waals surface area contributed by atoms with Gasteiger partial charge in [-0.25, -0.2) is 9.78 Å². The van der Waals surface area contributed by atoms with Crippen LogP contribution in [0.3, 0.4) is 0 Å². The summed E-state index contributed by atoms with van der Waals surface area (Å²) in [6.07, 6.45) is 2.37. The Balaban J connectivity index is 2.44. The summed E-state index contributed by atoms with van der Waals surface area (Å²) in [7, 11) is 0. The van der Waals surface area contributed by atoms with Crippen LogP contribution in [-0.2, 0) is 4.74 Å². The van der Waals surface area contributed by atoms with E-state index in [0.29, 0.717) is 10.8 Å². The minimum Gasteiger partial charge on any atom is -0.444 e. The van der Waals surface area contributed by atoms with Crippen LogP contribution in [0.25, 0.3) is 0 Å². The van der Waals surface area contributed by atoms with Crippen molar-refractivity contribution in [2.24, 2.45) is 5.73 Å².